The first kappa shape index (κ1) is 36.6. The van der Waals surface area contributed by atoms with Crippen molar-refractivity contribution < 1.29 is 10.2 Å². The minimum atomic E-state index is -1.29. The van der Waals surface area contributed by atoms with Crippen LogP contribution in [0.2, 0.25) is 0 Å². The molecule has 0 fully saturated rings. The summed E-state index contributed by atoms with van der Waals surface area (Å²) in [5, 5.41) is 26.0. The van der Waals surface area contributed by atoms with Crippen molar-refractivity contribution in [3.8, 4) is 0 Å². The van der Waals surface area contributed by atoms with Crippen LogP contribution < -0.4 is 0 Å². The molecule has 2 rings (SSSR count). The highest BCUT2D eigenvalue weighted by molar-refractivity contribution is 5.38. The second-order valence-electron chi connectivity index (χ2n) is 14.2. The van der Waals surface area contributed by atoms with Crippen LogP contribution in [0, 0.1) is 5.41 Å². The van der Waals surface area contributed by atoms with Gasteiger partial charge in [-0.1, -0.05) is 205 Å². The highest BCUT2D eigenvalue weighted by Gasteiger charge is 2.62. The summed E-state index contributed by atoms with van der Waals surface area (Å²) in [5.74, 6) is 0. The van der Waals surface area contributed by atoms with Crippen molar-refractivity contribution in [3.05, 3.63) is 71.8 Å². The lowest BCUT2D eigenvalue weighted by molar-refractivity contribution is -0.220. The van der Waals surface area contributed by atoms with Gasteiger partial charge in [-0.2, -0.15) is 0 Å². The van der Waals surface area contributed by atoms with E-state index in [-0.39, 0.29) is 0 Å². The standard InChI is InChI=1S/C40H66O2/c1-7-9-11-13-15-17-19-27-33-39(41,34-28-20-18-16-14-12-10-8-2)38(5,6)40(42,36-31-25-22-26-32-36)37(3,4)35-29-23-21-24-30-35/h21-26,29-32,41-42H,7-20,27-28,33-34H2,1-6H3. The highest BCUT2D eigenvalue weighted by atomic mass is 16.3. The van der Waals surface area contributed by atoms with Gasteiger partial charge in [0.05, 0.1) is 5.60 Å². The zero-order valence-electron chi connectivity index (χ0n) is 28.4. The van der Waals surface area contributed by atoms with Gasteiger partial charge in [0, 0.05) is 10.8 Å². The largest absolute Gasteiger partial charge is 0.389 e. The van der Waals surface area contributed by atoms with Crippen molar-refractivity contribution in [1.82, 2.24) is 0 Å². The number of benzene rings is 2. The zero-order valence-corrected chi connectivity index (χ0v) is 28.4. The Morgan fingerprint density at radius 1 is 0.452 bits per heavy atom. The molecular weight excluding hydrogens is 512 g/mol. The van der Waals surface area contributed by atoms with Crippen LogP contribution in [0.15, 0.2) is 60.7 Å². The average Bonchev–Trinajstić information content (AvgIpc) is 3.00. The maximum absolute atomic E-state index is 13.2. The van der Waals surface area contributed by atoms with E-state index in [0.717, 1.165) is 49.7 Å². The van der Waals surface area contributed by atoms with E-state index in [9.17, 15) is 10.2 Å². The van der Waals surface area contributed by atoms with Crippen LogP contribution in [-0.4, -0.2) is 15.8 Å². The summed E-state index contributed by atoms with van der Waals surface area (Å²) in [4.78, 5) is 0. The normalized spacial score (nSPS) is 14.2. The van der Waals surface area contributed by atoms with Gasteiger partial charge in [0.2, 0.25) is 0 Å². The molecule has 238 valence electrons. The quantitative estimate of drug-likeness (QED) is 0.129. The Labute approximate surface area is 260 Å². The van der Waals surface area contributed by atoms with Crippen LogP contribution in [0.5, 0.6) is 0 Å². The molecule has 42 heavy (non-hydrogen) atoms. The monoisotopic (exact) mass is 579 g/mol. The first-order valence-corrected chi connectivity index (χ1v) is 17.6. The molecule has 0 amide bonds. The lowest BCUT2D eigenvalue weighted by Gasteiger charge is -2.59. The van der Waals surface area contributed by atoms with Gasteiger partial charge in [-0.05, 0) is 24.0 Å². The summed E-state index contributed by atoms with van der Waals surface area (Å²) in [6.45, 7) is 13.1. The Morgan fingerprint density at radius 2 is 0.786 bits per heavy atom. The van der Waals surface area contributed by atoms with E-state index in [1.807, 2.05) is 24.3 Å². The predicted molar refractivity (Wildman–Crippen MR) is 183 cm³/mol. The maximum atomic E-state index is 13.2. The summed E-state index contributed by atoms with van der Waals surface area (Å²) in [5.41, 5.74) is -1.75. The third kappa shape index (κ3) is 9.43. The van der Waals surface area contributed by atoms with Gasteiger partial charge in [-0.15, -0.1) is 0 Å². The van der Waals surface area contributed by atoms with Crippen molar-refractivity contribution >= 4 is 0 Å². The Morgan fingerprint density at radius 3 is 1.17 bits per heavy atom. The second-order valence-corrected chi connectivity index (χ2v) is 14.2. The molecule has 2 aromatic rings. The molecule has 2 aromatic carbocycles. The second kappa shape index (κ2) is 18.2. The molecule has 0 radical (unpaired) electrons. The minimum Gasteiger partial charge on any atom is -0.389 e. The molecule has 1 unspecified atom stereocenters. The highest BCUT2D eigenvalue weighted by Crippen LogP contribution is 2.59. The number of rotatable bonds is 23. The molecular formula is C40H66O2. The van der Waals surface area contributed by atoms with E-state index in [1.54, 1.807) is 0 Å². The molecule has 1 atom stereocenters. The van der Waals surface area contributed by atoms with Gasteiger partial charge in [-0.3, -0.25) is 0 Å². The maximum Gasteiger partial charge on any atom is 0.106 e. The van der Waals surface area contributed by atoms with Gasteiger partial charge < -0.3 is 10.2 Å². The van der Waals surface area contributed by atoms with Gasteiger partial charge in [-0.25, -0.2) is 0 Å². The number of hydrogen-bond acceptors (Lipinski definition) is 2. The number of hydrogen-bond donors (Lipinski definition) is 2. The third-order valence-electron chi connectivity index (χ3n) is 10.5. The molecule has 2 nitrogen and oxygen atoms in total. The summed E-state index contributed by atoms with van der Waals surface area (Å²) < 4.78 is 0. The predicted octanol–water partition coefficient (Wildman–Crippen LogP) is 11.7. The molecule has 0 saturated heterocycles. The van der Waals surface area contributed by atoms with Gasteiger partial charge in [0.25, 0.3) is 0 Å². The van der Waals surface area contributed by atoms with Crippen LogP contribution in [0.25, 0.3) is 0 Å². The van der Waals surface area contributed by atoms with E-state index in [1.165, 1.54) is 77.0 Å². The molecule has 0 spiro atoms. The lowest BCUT2D eigenvalue weighted by atomic mass is 9.50. The fourth-order valence-corrected chi connectivity index (χ4v) is 7.44. The van der Waals surface area contributed by atoms with Crippen molar-refractivity contribution in [2.24, 2.45) is 5.41 Å². The Kier molecular flexibility index (Phi) is 15.9. The molecule has 0 aromatic heterocycles. The average molecular weight is 579 g/mol. The third-order valence-corrected chi connectivity index (χ3v) is 10.5. The number of unbranched alkanes of at least 4 members (excludes halogenated alkanes) is 14. The number of aliphatic hydroxyl groups is 2. The van der Waals surface area contributed by atoms with E-state index in [0.29, 0.717) is 0 Å². The fraction of sp³-hybridized carbons (Fsp3) is 0.700. The first-order chi connectivity index (χ1) is 20.1. The van der Waals surface area contributed by atoms with E-state index >= 15 is 0 Å². The molecule has 0 aliphatic carbocycles. The van der Waals surface area contributed by atoms with E-state index in [2.05, 4.69) is 77.9 Å². The SMILES string of the molecule is CCCCCCCCCCC(O)(CCCCCCCCCC)C(C)(C)C(O)(c1ccccc1)C(C)(C)c1ccccc1. The Bertz CT molecular complexity index is 928. The van der Waals surface area contributed by atoms with Gasteiger partial charge in [0.15, 0.2) is 0 Å². The van der Waals surface area contributed by atoms with Crippen LogP contribution >= 0.6 is 0 Å². The van der Waals surface area contributed by atoms with Gasteiger partial charge >= 0.3 is 0 Å². The Hall–Kier alpha value is -1.64. The topological polar surface area (TPSA) is 40.5 Å². The molecule has 2 N–H and O–H groups in total. The Balaban J connectivity index is 2.33. The van der Waals surface area contributed by atoms with Crippen molar-refractivity contribution in [2.75, 3.05) is 0 Å². The summed E-state index contributed by atoms with van der Waals surface area (Å²) >= 11 is 0. The zero-order chi connectivity index (χ0) is 31.0. The smallest absolute Gasteiger partial charge is 0.106 e. The molecule has 0 aliphatic heterocycles. The van der Waals surface area contributed by atoms with Gasteiger partial charge in [0.1, 0.15) is 5.60 Å². The molecule has 0 heterocycles. The summed E-state index contributed by atoms with van der Waals surface area (Å²) in [6.07, 6.45) is 21.3. The van der Waals surface area contributed by atoms with E-state index < -0.39 is 22.0 Å². The lowest BCUT2D eigenvalue weighted by Crippen LogP contribution is -2.64. The first-order valence-electron chi connectivity index (χ1n) is 17.6. The van der Waals surface area contributed by atoms with Crippen molar-refractivity contribution in [2.45, 2.75) is 174 Å². The summed E-state index contributed by atoms with van der Waals surface area (Å²) in [7, 11) is 0. The van der Waals surface area contributed by atoms with E-state index in [4.69, 9.17) is 0 Å². The van der Waals surface area contributed by atoms with Crippen LogP contribution in [0.1, 0.15) is 168 Å². The van der Waals surface area contributed by atoms with Crippen LogP contribution in [-0.2, 0) is 11.0 Å². The van der Waals surface area contributed by atoms with Crippen molar-refractivity contribution in [3.63, 3.8) is 0 Å². The molecule has 0 bridgehead atoms. The molecule has 2 heteroatoms. The molecule has 0 saturated carbocycles. The fourth-order valence-electron chi connectivity index (χ4n) is 7.44. The van der Waals surface area contributed by atoms with Crippen LogP contribution in [0.3, 0.4) is 0 Å². The molecule has 0 aliphatic rings. The summed E-state index contributed by atoms with van der Waals surface area (Å²) in [6, 6.07) is 20.6. The minimum absolute atomic E-state index is 0.633. The van der Waals surface area contributed by atoms with Crippen molar-refractivity contribution in [1.29, 1.82) is 0 Å². The van der Waals surface area contributed by atoms with Crippen LogP contribution in [0.4, 0.5) is 0 Å².